The van der Waals surface area contributed by atoms with Gasteiger partial charge in [-0.15, -0.1) is 0 Å². The number of carbonyl (C=O) groups is 2. The summed E-state index contributed by atoms with van der Waals surface area (Å²) in [4.78, 5) is 40.3. The van der Waals surface area contributed by atoms with Crippen LogP contribution in [-0.4, -0.2) is 30.7 Å². The minimum Gasteiger partial charge on any atom is -0.465 e. The predicted octanol–water partition coefficient (Wildman–Crippen LogP) is 4.74. The normalized spacial score (nSPS) is 10.5. The summed E-state index contributed by atoms with van der Waals surface area (Å²) in [5.41, 5.74) is 1.51. The Kier molecular flexibility index (Phi) is 6.17. The van der Waals surface area contributed by atoms with Crippen molar-refractivity contribution in [2.24, 2.45) is 0 Å². The van der Waals surface area contributed by atoms with Gasteiger partial charge in [-0.05, 0) is 23.3 Å². The summed E-state index contributed by atoms with van der Waals surface area (Å²) in [7, 11) is 2.44. The van der Waals surface area contributed by atoms with Crippen LogP contribution in [-0.2, 0) is 9.47 Å². The molecule has 0 saturated heterocycles. The van der Waals surface area contributed by atoms with Crippen LogP contribution in [0.15, 0.2) is 95.8 Å². The fourth-order valence-corrected chi connectivity index (χ4v) is 3.86. The van der Waals surface area contributed by atoms with E-state index in [1.165, 1.54) is 18.8 Å². The fourth-order valence-electron chi connectivity index (χ4n) is 3.86. The van der Waals surface area contributed by atoms with Crippen molar-refractivity contribution in [1.29, 1.82) is 0 Å². The van der Waals surface area contributed by atoms with E-state index in [0.717, 1.165) is 0 Å². The smallest absolute Gasteiger partial charge is 0.356 e. The van der Waals surface area contributed by atoms with Crippen molar-refractivity contribution in [2.75, 3.05) is 14.2 Å². The van der Waals surface area contributed by atoms with Gasteiger partial charge in [0.1, 0.15) is 5.69 Å². The molecule has 0 amide bonds. The van der Waals surface area contributed by atoms with Crippen molar-refractivity contribution in [1.82, 2.24) is 4.57 Å². The molecule has 0 bridgehead atoms. The number of pyridine rings is 1. The molecule has 6 heteroatoms. The lowest BCUT2D eigenvalue weighted by Gasteiger charge is -2.21. The summed E-state index contributed by atoms with van der Waals surface area (Å²) in [6.07, 6.45) is 0. The zero-order valence-electron chi connectivity index (χ0n) is 18.1. The average molecular weight is 439 g/mol. The molecule has 0 saturated carbocycles. The average Bonchev–Trinajstić information content (AvgIpc) is 2.88. The number of hydrogen-bond acceptors (Lipinski definition) is 5. The highest BCUT2D eigenvalue weighted by Gasteiger charge is 2.32. The summed E-state index contributed by atoms with van der Waals surface area (Å²) in [6, 6.07) is 26.7. The topological polar surface area (TPSA) is 74.6 Å². The summed E-state index contributed by atoms with van der Waals surface area (Å²) in [6.45, 7) is 0. The minimum atomic E-state index is -0.826. The first-order chi connectivity index (χ1) is 16.1. The van der Waals surface area contributed by atoms with Crippen molar-refractivity contribution in [2.45, 2.75) is 0 Å². The molecule has 0 unspecified atom stereocenters. The molecule has 6 nitrogen and oxygen atoms in total. The van der Waals surface area contributed by atoms with E-state index in [0.29, 0.717) is 22.4 Å². The van der Waals surface area contributed by atoms with Gasteiger partial charge in [0.15, 0.2) is 0 Å². The highest BCUT2D eigenvalue weighted by molar-refractivity contribution is 6.10. The second-order valence-corrected chi connectivity index (χ2v) is 7.16. The number of aromatic nitrogens is 1. The zero-order valence-corrected chi connectivity index (χ0v) is 18.1. The molecule has 0 N–H and O–H groups in total. The lowest BCUT2D eigenvalue weighted by molar-refractivity contribution is 0.0547. The van der Waals surface area contributed by atoms with Crippen molar-refractivity contribution < 1.29 is 19.1 Å². The van der Waals surface area contributed by atoms with E-state index >= 15 is 0 Å². The zero-order chi connectivity index (χ0) is 23.4. The van der Waals surface area contributed by atoms with Crippen LogP contribution in [0.2, 0.25) is 0 Å². The molecule has 3 aromatic carbocycles. The van der Waals surface area contributed by atoms with Gasteiger partial charge in [-0.2, -0.15) is 0 Å². The van der Waals surface area contributed by atoms with Crippen LogP contribution < -0.4 is 5.56 Å². The van der Waals surface area contributed by atoms with Crippen LogP contribution in [0.4, 0.5) is 0 Å². The Labute approximate surface area is 190 Å². The Balaban J connectivity index is 2.30. The maximum absolute atomic E-state index is 14.1. The van der Waals surface area contributed by atoms with Gasteiger partial charge in [0, 0.05) is 11.3 Å². The van der Waals surface area contributed by atoms with Gasteiger partial charge in [-0.3, -0.25) is 9.36 Å². The lowest BCUT2D eigenvalue weighted by atomic mass is 9.90. The molecule has 4 aromatic rings. The van der Waals surface area contributed by atoms with Crippen molar-refractivity contribution in [3.8, 4) is 27.9 Å². The Morgan fingerprint density at radius 3 is 1.58 bits per heavy atom. The highest BCUT2D eigenvalue weighted by atomic mass is 16.5. The first kappa shape index (κ1) is 21.8. The van der Waals surface area contributed by atoms with E-state index < -0.39 is 17.5 Å². The van der Waals surface area contributed by atoms with Crippen LogP contribution in [0.5, 0.6) is 0 Å². The van der Waals surface area contributed by atoms with Crippen molar-refractivity contribution in [3.63, 3.8) is 0 Å². The number of esters is 2. The number of carbonyl (C=O) groups excluding carboxylic acids is 2. The molecule has 1 heterocycles. The molecule has 0 aliphatic rings. The van der Waals surface area contributed by atoms with Gasteiger partial charge >= 0.3 is 11.9 Å². The maximum atomic E-state index is 14.1. The number of benzene rings is 3. The quantitative estimate of drug-likeness (QED) is 0.420. The van der Waals surface area contributed by atoms with Crippen LogP contribution in [0, 0.1) is 0 Å². The first-order valence-electron chi connectivity index (χ1n) is 10.2. The lowest BCUT2D eigenvalue weighted by Crippen LogP contribution is -2.31. The molecule has 1 aromatic heterocycles. The molecule has 33 heavy (non-hydrogen) atoms. The van der Waals surface area contributed by atoms with Gasteiger partial charge in [-0.1, -0.05) is 78.9 Å². The van der Waals surface area contributed by atoms with Gasteiger partial charge in [-0.25, -0.2) is 9.59 Å². The molecule has 0 atom stereocenters. The van der Waals surface area contributed by atoms with Crippen LogP contribution in [0.1, 0.15) is 20.8 Å². The van der Waals surface area contributed by atoms with Gasteiger partial charge < -0.3 is 9.47 Å². The maximum Gasteiger partial charge on any atom is 0.356 e. The highest BCUT2D eigenvalue weighted by Crippen LogP contribution is 2.36. The predicted molar refractivity (Wildman–Crippen MR) is 126 cm³/mol. The second-order valence-electron chi connectivity index (χ2n) is 7.16. The number of para-hydroxylation sites is 1. The monoisotopic (exact) mass is 439 g/mol. The van der Waals surface area contributed by atoms with E-state index in [4.69, 9.17) is 9.47 Å². The Morgan fingerprint density at radius 2 is 1.09 bits per heavy atom. The number of hydrogen-bond donors (Lipinski definition) is 0. The van der Waals surface area contributed by atoms with Crippen LogP contribution >= 0.6 is 0 Å². The summed E-state index contributed by atoms with van der Waals surface area (Å²) >= 11 is 0. The van der Waals surface area contributed by atoms with E-state index in [1.54, 1.807) is 66.7 Å². The van der Waals surface area contributed by atoms with Crippen molar-refractivity contribution in [3.05, 3.63) is 113 Å². The third-order valence-corrected chi connectivity index (χ3v) is 5.28. The third-order valence-electron chi connectivity index (χ3n) is 5.28. The number of rotatable bonds is 5. The summed E-state index contributed by atoms with van der Waals surface area (Å²) in [5.74, 6) is -1.58. The SMILES string of the molecule is COC(=O)c1c(-c2ccccc2)c(-c2ccccc2)c(=O)n(-c2ccccc2)c1C(=O)OC. The van der Waals surface area contributed by atoms with E-state index in [-0.39, 0.29) is 16.8 Å². The summed E-state index contributed by atoms with van der Waals surface area (Å²) < 4.78 is 11.3. The van der Waals surface area contributed by atoms with Gasteiger partial charge in [0.05, 0.1) is 25.3 Å². The molecule has 0 spiro atoms. The standard InChI is InChI=1S/C27H21NO5/c1-32-26(30)23-21(18-12-6-3-7-13-18)22(19-14-8-4-9-15-19)25(29)28(24(23)27(31)33-2)20-16-10-5-11-17-20/h3-17H,1-2H3. The number of methoxy groups -OCH3 is 2. The van der Waals surface area contributed by atoms with Gasteiger partial charge in [0.25, 0.3) is 5.56 Å². The van der Waals surface area contributed by atoms with Crippen LogP contribution in [0.3, 0.4) is 0 Å². The molecular weight excluding hydrogens is 418 g/mol. The largest absolute Gasteiger partial charge is 0.465 e. The van der Waals surface area contributed by atoms with E-state index in [9.17, 15) is 14.4 Å². The van der Waals surface area contributed by atoms with E-state index in [2.05, 4.69) is 0 Å². The Bertz CT molecular complexity index is 1360. The molecule has 0 aliphatic carbocycles. The van der Waals surface area contributed by atoms with E-state index in [1.807, 2.05) is 24.3 Å². The molecule has 0 radical (unpaired) electrons. The summed E-state index contributed by atoms with van der Waals surface area (Å²) in [5, 5.41) is 0. The third kappa shape index (κ3) is 3.94. The molecule has 0 aliphatic heterocycles. The molecule has 164 valence electrons. The number of nitrogens with zero attached hydrogens (tertiary/aromatic N) is 1. The fraction of sp³-hybridized carbons (Fsp3) is 0.0741. The van der Waals surface area contributed by atoms with Crippen LogP contribution in [0.25, 0.3) is 27.9 Å². The Hall–Kier alpha value is -4.45. The molecule has 4 rings (SSSR count). The Morgan fingerprint density at radius 1 is 0.636 bits per heavy atom. The number of ether oxygens (including phenoxy) is 2. The second kappa shape index (κ2) is 9.36. The van der Waals surface area contributed by atoms with Gasteiger partial charge in [0.2, 0.25) is 0 Å². The molecular formula is C27H21NO5. The minimum absolute atomic E-state index is 0.0437. The van der Waals surface area contributed by atoms with Crippen molar-refractivity contribution >= 4 is 11.9 Å². The molecule has 0 fully saturated rings. The first-order valence-corrected chi connectivity index (χ1v) is 10.2.